The Morgan fingerprint density at radius 3 is 0.605 bits per heavy atom. The van der Waals surface area contributed by atoms with Crippen LogP contribution in [0.15, 0.2) is 279 Å². The summed E-state index contributed by atoms with van der Waals surface area (Å²) in [7, 11) is 0. The van der Waals surface area contributed by atoms with E-state index in [0.29, 0.717) is 34.0 Å². The lowest BCUT2D eigenvalue weighted by Gasteiger charge is -2.08. The fourth-order valence-electron chi connectivity index (χ4n) is 9.00. The number of aryl methyl sites for hydroxylation is 3. The largest absolute Gasteiger partial charge is 0.423 e. The van der Waals surface area contributed by atoms with Gasteiger partial charge in [0.2, 0.25) is 0 Å². The van der Waals surface area contributed by atoms with Crippen LogP contribution in [0.5, 0.6) is 17.2 Å². The highest BCUT2D eigenvalue weighted by atomic mass is 16.5. The molecule has 0 spiro atoms. The molecule has 0 amide bonds. The van der Waals surface area contributed by atoms with Gasteiger partial charge >= 0.3 is 17.9 Å². The van der Waals surface area contributed by atoms with Gasteiger partial charge in [-0.05, 0) is 171 Å². The first-order valence-corrected chi connectivity index (χ1v) is 29.0. The van der Waals surface area contributed by atoms with Gasteiger partial charge in [-0.15, -0.1) is 0 Å². The van der Waals surface area contributed by atoms with Gasteiger partial charge in [-0.2, -0.15) is 0 Å². The van der Waals surface area contributed by atoms with Crippen LogP contribution < -0.4 is 14.2 Å². The molecule has 6 heteroatoms. The number of benzene rings is 10. The molecular weight excluding hydrogens is 1060 g/mol. The van der Waals surface area contributed by atoms with Crippen LogP contribution in [-0.4, -0.2) is 17.9 Å². The molecule has 6 nitrogen and oxygen atoms in total. The summed E-state index contributed by atoms with van der Waals surface area (Å²) in [5.74, 6) is 0.329. The second-order valence-electron chi connectivity index (χ2n) is 21.0. The SMILES string of the molecule is C=C(C)C(=O)Oc1ccc(-c2ccc(-c3ccc(-c4ccc(CC)cc4)cc3)cc2)cc1.C=C(C)C(=O)Oc1ccc(-c2ccc(-c3ccc(CC)cc3)cc2)cc1.C=C(C)C(=O)Oc1ccc(/C=C/c2ccc(-c3ccc(CC)cc3)cc2)cc1. The van der Waals surface area contributed by atoms with Crippen molar-refractivity contribution in [2.45, 2.75) is 60.8 Å². The van der Waals surface area contributed by atoms with Gasteiger partial charge < -0.3 is 14.2 Å². The van der Waals surface area contributed by atoms with Gasteiger partial charge in [0.05, 0.1) is 0 Å². The first kappa shape index (κ1) is 61.6. The zero-order valence-corrected chi connectivity index (χ0v) is 49.9. The van der Waals surface area contributed by atoms with Crippen molar-refractivity contribution in [2.24, 2.45) is 0 Å². The zero-order chi connectivity index (χ0) is 61.0. The molecule has 86 heavy (non-hydrogen) atoms. The average Bonchev–Trinajstić information content (AvgIpc) is 3.58. The van der Waals surface area contributed by atoms with Crippen molar-refractivity contribution in [3.05, 3.63) is 307 Å². The number of carbonyl (C=O) groups excluding carboxylic acids is 3. The van der Waals surface area contributed by atoms with E-state index in [9.17, 15) is 14.4 Å². The summed E-state index contributed by atoms with van der Waals surface area (Å²) in [5.41, 5.74) is 21.4. The molecule has 10 aromatic carbocycles. The van der Waals surface area contributed by atoms with Gasteiger partial charge in [0, 0.05) is 16.7 Å². The maximum absolute atomic E-state index is 11.6. The molecular formula is C80H72O6. The molecule has 0 radical (unpaired) electrons. The minimum atomic E-state index is -0.411. The van der Waals surface area contributed by atoms with Gasteiger partial charge in [-0.1, -0.05) is 259 Å². The van der Waals surface area contributed by atoms with E-state index in [0.717, 1.165) is 52.6 Å². The third-order valence-corrected chi connectivity index (χ3v) is 14.4. The van der Waals surface area contributed by atoms with E-state index in [1.54, 1.807) is 57.2 Å². The maximum Gasteiger partial charge on any atom is 0.338 e. The highest BCUT2D eigenvalue weighted by Gasteiger charge is 2.10. The number of hydrogen-bond acceptors (Lipinski definition) is 6. The van der Waals surface area contributed by atoms with E-state index in [2.05, 4.69) is 216 Å². The highest BCUT2D eigenvalue weighted by molar-refractivity contribution is 5.90. The molecule has 0 heterocycles. The number of hydrogen-bond donors (Lipinski definition) is 0. The molecule has 0 bridgehead atoms. The molecule has 0 N–H and O–H groups in total. The van der Waals surface area contributed by atoms with E-state index in [1.807, 2.05) is 42.5 Å². The summed E-state index contributed by atoms with van der Waals surface area (Å²) in [6, 6.07) is 82.7. The van der Waals surface area contributed by atoms with Crippen molar-refractivity contribution < 1.29 is 28.6 Å². The Kier molecular flexibility index (Phi) is 21.7. The Labute approximate surface area is 507 Å². The predicted octanol–water partition coefficient (Wildman–Crippen LogP) is 20.4. The van der Waals surface area contributed by atoms with Crippen LogP contribution in [0, 0.1) is 0 Å². The molecule has 10 rings (SSSR count). The second kappa shape index (κ2) is 30.2. The Hall–Kier alpha value is -10.4. The summed E-state index contributed by atoms with van der Waals surface area (Å²) >= 11 is 0. The van der Waals surface area contributed by atoms with Crippen LogP contribution in [0.1, 0.15) is 69.4 Å². The molecule has 0 fully saturated rings. The lowest BCUT2D eigenvalue weighted by molar-refractivity contribution is -0.130. The molecule has 0 atom stereocenters. The van der Waals surface area contributed by atoms with Crippen LogP contribution in [0.25, 0.3) is 78.9 Å². The third kappa shape index (κ3) is 17.6. The van der Waals surface area contributed by atoms with Gasteiger partial charge in [0.25, 0.3) is 0 Å². The van der Waals surface area contributed by atoms with Crippen LogP contribution in [-0.2, 0) is 33.6 Å². The molecule has 0 aliphatic rings. The molecule has 0 unspecified atom stereocenters. The first-order chi connectivity index (χ1) is 41.6. The zero-order valence-electron chi connectivity index (χ0n) is 49.9. The first-order valence-electron chi connectivity index (χ1n) is 29.0. The third-order valence-electron chi connectivity index (χ3n) is 14.4. The van der Waals surface area contributed by atoms with E-state index >= 15 is 0 Å². The van der Waals surface area contributed by atoms with E-state index < -0.39 is 17.9 Å². The normalized spacial score (nSPS) is 10.6. The fourth-order valence-corrected chi connectivity index (χ4v) is 9.00. The Balaban J connectivity index is 0.000000169. The maximum atomic E-state index is 11.6. The number of ether oxygens (including phenoxy) is 3. The molecule has 0 aromatic heterocycles. The summed E-state index contributed by atoms with van der Waals surface area (Å²) in [6.45, 7) is 22.2. The van der Waals surface area contributed by atoms with Crippen molar-refractivity contribution in [3.63, 3.8) is 0 Å². The minimum Gasteiger partial charge on any atom is -0.423 e. The molecule has 0 aliphatic heterocycles. The fraction of sp³-hybridized carbons (Fsp3) is 0.113. The summed E-state index contributed by atoms with van der Waals surface area (Å²) in [5, 5.41) is 0. The highest BCUT2D eigenvalue weighted by Crippen LogP contribution is 2.31. The summed E-state index contributed by atoms with van der Waals surface area (Å²) in [4.78, 5) is 34.7. The van der Waals surface area contributed by atoms with E-state index in [1.165, 1.54) is 61.2 Å². The van der Waals surface area contributed by atoms with Gasteiger partial charge in [0.15, 0.2) is 0 Å². The number of carbonyl (C=O) groups is 3. The van der Waals surface area contributed by atoms with Crippen LogP contribution in [0.3, 0.4) is 0 Å². The summed E-state index contributed by atoms with van der Waals surface area (Å²) in [6.07, 6.45) is 7.27. The van der Waals surface area contributed by atoms with Crippen LogP contribution in [0.4, 0.5) is 0 Å². The molecule has 428 valence electrons. The molecule has 0 aliphatic carbocycles. The van der Waals surface area contributed by atoms with Gasteiger partial charge in [-0.3, -0.25) is 0 Å². The molecule has 10 aromatic rings. The van der Waals surface area contributed by atoms with E-state index in [-0.39, 0.29) is 0 Å². The number of rotatable bonds is 17. The quantitative estimate of drug-likeness (QED) is 0.0391. The lowest BCUT2D eigenvalue weighted by Crippen LogP contribution is -2.07. The van der Waals surface area contributed by atoms with Crippen molar-refractivity contribution in [3.8, 4) is 84.0 Å². The smallest absolute Gasteiger partial charge is 0.338 e. The Bertz CT molecular complexity index is 3930. The van der Waals surface area contributed by atoms with E-state index in [4.69, 9.17) is 14.2 Å². The molecule has 0 saturated heterocycles. The van der Waals surface area contributed by atoms with Gasteiger partial charge in [-0.25, -0.2) is 14.4 Å². The standard InChI is InChI=1S/C30H26O2.C26H24O2.C24H22O2/c1-4-22-5-7-23(8-6-22)24-9-11-25(12-10-24)26-13-15-27(16-14-26)28-17-19-29(20-18-28)32-30(31)21(2)3;1-4-20-7-13-23(14-8-20)24-15-9-21(10-16-24)5-6-22-11-17-25(18-12-22)28-26(27)19(2)3;1-4-18-5-7-19(8-6-18)20-9-11-21(12-10-20)22-13-15-23(16-14-22)26-24(25)17(2)3/h5-20H,2,4H2,1,3H3;5-18H,2,4H2,1,3H3;5-16H,2,4H2,1,3H3/b;6-5+;. The Morgan fingerprint density at radius 1 is 0.267 bits per heavy atom. The van der Waals surface area contributed by atoms with Gasteiger partial charge in [0.1, 0.15) is 17.2 Å². The van der Waals surface area contributed by atoms with Crippen molar-refractivity contribution in [1.29, 1.82) is 0 Å². The van der Waals surface area contributed by atoms with Crippen molar-refractivity contribution in [2.75, 3.05) is 0 Å². The number of esters is 3. The van der Waals surface area contributed by atoms with Crippen LogP contribution >= 0.6 is 0 Å². The molecule has 0 saturated carbocycles. The lowest BCUT2D eigenvalue weighted by atomic mass is 9.97. The summed E-state index contributed by atoms with van der Waals surface area (Å²) < 4.78 is 15.7. The monoisotopic (exact) mass is 1130 g/mol. The van der Waals surface area contributed by atoms with Crippen LogP contribution in [0.2, 0.25) is 0 Å². The second-order valence-corrected chi connectivity index (χ2v) is 21.0. The average molecular weight is 1130 g/mol. The van der Waals surface area contributed by atoms with Crippen molar-refractivity contribution in [1.82, 2.24) is 0 Å². The minimum absolute atomic E-state index is 0.382. The van der Waals surface area contributed by atoms with Crippen molar-refractivity contribution >= 4 is 30.1 Å². The Morgan fingerprint density at radius 2 is 0.419 bits per heavy atom. The predicted molar refractivity (Wildman–Crippen MR) is 357 cm³/mol. The topological polar surface area (TPSA) is 78.9 Å².